The zero-order valence-corrected chi connectivity index (χ0v) is 10.0. The fourth-order valence-electron chi connectivity index (χ4n) is 2.10. The Hall–Kier alpha value is -0.610. The summed E-state index contributed by atoms with van der Waals surface area (Å²) in [6.45, 7) is 3.72. The molecule has 1 aromatic carbocycles. The van der Waals surface area contributed by atoms with Crippen LogP contribution in [0.4, 0.5) is 0 Å². The van der Waals surface area contributed by atoms with Gasteiger partial charge in [0.15, 0.2) is 0 Å². The fraction of sp³-hybridized carbons (Fsp3) is 0.500. The third-order valence-electron chi connectivity index (χ3n) is 2.99. The van der Waals surface area contributed by atoms with Crippen LogP contribution in [0.1, 0.15) is 24.0 Å². The summed E-state index contributed by atoms with van der Waals surface area (Å²) >= 11 is 6.21. The van der Waals surface area contributed by atoms with Gasteiger partial charge in [0.25, 0.3) is 0 Å². The van der Waals surface area contributed by atoms with Gasteiger partial charge >= 0.3 is 0 Å². The Morgan fingerprint density at radius 3 is 2.69 bits per heavy atom. The van der Waals surface area contributed by atoms with Crippen molar-refractivity contribution >= 4 is 11.6 Å². The summed E-state index contributed by atoms with van der Waals surface area (Å²) in [6.07, 6.45) is 2.59. The zero-order chi connectivity index (χ0) is 11.4. The molecule has 0 atom stereocenters. The van der Waals surface area contributed by atoms with E-state index in [9.17, 15) is 0 Å². The second-order valence-electron chi connectivity index (χ2n) is 4.24. The van der Waals surface area contributed by atoms with Crippen LogP contribution in [0.3, 0.4) is 0 Å². The lowest BCUT2D eigenvalue weighted by atomic mass is 10.1. The van der Waals surface area contributed by atoms with Gasteiger partial charge in [0, 0.05) is 18.1 Å². The number of hydrogen-bond donors (Lipinski definition) is 2. The van der Waals surface area contributed by atoms with Crippen LogP contribution in [0.5, 0.6) is 0 Å². The number of rotatable bonds is 4. The van der Waals surface area contributed by atoms with Crippen LogP contribution >= 0.6 is 11.6 Å². The minimum Gasteiger partial charge on any atom is -0.316 e. The van der Waals surface area contributed by atoms with Gasteiger partial charge in [0.1, 0.15) is 0 Å². The highest BCUT2D eigenvalue weighted by atomic mass is 35.5. The Morgan fingerprint density at radius 2 is 2.06 bits per heavy atom. The van der Waals surface area contributed by atoms with E-state index in [-0.39, 0.29) is 0 Å². The van der Waals surface area contributed by atoms with E-state index >= 15 is 0 Å². The van der Waals surface area contributed by atoms with Gasteiger partial charge in [-0.05, 0) is 43.1 Å². The predicted molar refractivity (Wildman–Crippen MR) is 64.6 cm³/mol. The predicted octanol–water partition coefficient (Wildman–Crippen LogP) is 2.41. The number of hydroxylamine groups is 1. The summed E-state index contributed by atoms with van der Waals surface area (Å²) < 4.78 is 0. The molecule has 4 heteroatoms. The molecule has 88 valence electrons. The molecule has 1 aromatic rings. The maximum atomic E-state index is 8.61. The van der Waals surface area contributed by atoms with E-state index in [2.05, 4.69) is 10.4 Å². The molecule has 0 spiro atoms. The van der Waals surface area contributed by atoms with E-state index in [1.165, 1.54) is 31.5 Å². The molecule has 3 nitrogen and oxygen atoms in total. The van der Waals surface area contributed by atoms with Crippen LogP contribution < -0.4 is 5.48 Å². The molecule has 16 heavy (non-hydrogen) atoms. The van der Waals surface area contributed by atoms with Crippen LogP contribution in [-0.2, 0) is 13.1 Å². The molecule has 2 N–H and O–H groups in total. The molecule has 1 aliphatic rings. The first-order chi connectivity index (χ1) is 7.79. The maximum Gasteiger partial charge on any atom is 0.0458 e. The zero-order valence-electron chi connectivity index (χ0n) is 9.25. The first-order valence-electron chi connectivity index (χ1n) is 5.66. The van der Waals surface area contributed by atoms with E-state index in [0.717, 1.165) is 17.1 Å². The largest absolute Gasteiger partial charge is 0.316 e. The van der Waals surface area contributed by atoms with Gasteiger partial charge in [-0.25, -0.2) is 5.48 Å². The molecule has 1 saturated heterocycles. The van der Waals surface area contributed by atoms with Crippen molar-refractivity contribution in [3.05, 3.63) is 34.3 Å². The topological polar surface area (TPSA) is 35.5 Å². The van der Waals surface area contributed by atoms with Gasteiger partial charge in [-0.15, -0.1) is 0 Å². The SMILES string of the molecule is ONCc1ccc(CN2CCCC2)c(Cl)c1. The van der Waals surface area contributed by atoms with Crippen molar-refractivity contribution in [3.63, 3.8) is 0 Å². The molecule has 0 bridgehead atoms. The normalized spacial score (nSPS) is 16.9. The van der Waals surface area contributed by atoms with Gasteiger partial charge in [-0.3, -0.25) is 4.90 Å². The highest BCUT2D eigenvalue weighted by Crippen LogP contribution is 2.21. The standard InChI is InChI=1S/C12H17ClN2O/c13-12-7-10(8-14-16)3-4-11(12)9-15-5-1-2-6-15/h3-4,7,14,16H,1-2,5-6,8-9H2. The summed E-state index contributed by atoms with van der Waals surface area (Å²) in [7, 11) is 0. The Morgan fingerprint density at radius 1 is 1.31 bits per heavy atom. The quantitative estimate of drug-likeness (QED) is 0.794. The minimum absolute atomic E-state index is 0.434. The van der Waals surface area contributed by atoms with Gasteiger partial charge in [0.2, 0.25) is 0 Å². The summed E-state index contributed by atoms with van der Waals surface area (Å²) in [6, 6.07) is 5.96. The van der Waals surface area contributed by atoms with Crippen molar-refractivity contribution < 1.29 is 5.21 Å². The van der Waals surface area contributed by atoms with Gasteiger partial charge in [-0.2, -0.15) is 0 Å². The molecule has 0 unspecified atom stereocenters. The first-order valence-corrected chi connectivity index (χ1v) is 6.04. The highest BCUT2D eigenvalue weighted by molar-refractivity contribution is 6.31. The minimum atomic E-state index is 0.434. The summed E-state index contributed by atoms with van der Waals surface area (Å²) in [5.41, 5.74) is 4.30. The Kier molecular flexibility index (Phi) is 4.18. The molecule has 0 aliphatic carbocycles. The Labute approximate surface area is 101 Å². The second kappa shape index (κ2) is 5.64. The molecule has 1 fully saturated rings. The Balaban J connectivity index is 2.03. The first kappa shape index (κ1) is 11.9. The monoisotopic (exact) mass is 240 g/mol. The summed E-state index contributed by atoms with van der Waals surface area (Å²) in [5, 5.41) is 9.40. The number of hydrogen-bond acceptors (Lipinski definition) is 3. The number of likely N-dealkylation sites (tertiary alicyclic amines) is 1. The smallest absolute Gasteiger partial charge is 0.0458 e. The van der Waals surface area contributed by atoms with Gasteiger partial charge in [-0.1, -0.05) is 23.7 Å². The van der Waals surface area contributed by atoms with Crippen molar-refractivity contribution in [2.24, 2.45) is 0 Å². The van der Waals surface area contributed by atoms with E-state index in [0.29, 0.717) is 6.54 Å². The molecule has 2 rings (SSSR count). The summed E-state index contributed by atoms with van der Waals surface area (Å²) in [4.78, 5) is 2.42. The molecule has 0 amide bonds. The van der Waals surface area contributed by atoms with E-state index in [1.54, 1.807) is 0 Å². The van der Waals surface area contributed by atoms with E-state index in [4.69, 9.17) is 16.8 Å². The van der Waals surface area contributed by atoms with Crippen molar-refractivity contribution in [1.82, 2.24) is 10.4 Å². The molecule has 1 heterocycles. The molecule has 1 aliphatic heterocycles. The van der Waals surface area contributed by atoms with Crippen molar-refractivity contribution in [1.29, 1.82) is 0 Å². The van der Waals surface area contributed by atoms with Crippen molar-refractivity contribution in [2.75, 3.05) is 13.1 Å². The lowest BCUT2D eigenvalue weighted by Gasteiger charge is -2.16. The number of halogens is 1. The highest BCUT2D eigenvalue weighted by Gasteiger charge is 2.13. The van der Waals surface area contributed by atoms with E-state index in [1.807, 2.05) is 18.2 Å². The van der Waals surface area contributed by atoms with Gasteiger partial charge < -0.3 is 5.21 Å². The Bertz CT molecular complexity index is 351. The maximum absolute atomic E-state index is 8.61. The summed E-state index contributed by atoms with van der Waals surface area (Å²) in [5.74, 6) is 0. The fourth-order valence-corrected chi connectivity index (χ4v) is 2.36. The van der Waals surface area contributed by atoms with Crippen LogP contribution in [0.15, 0.2) is 18.2 Å². The average molecular weight is 241 g/mol. The number of nitrogens with one attached hydrogen (secondary N) is 1. The lowest BCUT2D eigenvalue weighted by Crippen LogP contribution is -2.18. The molecular weight excluding hydrogens is 224 g/mol. The number of nitrogens with zero attached hydrogens (tertiary/aromatic N) is 1. The van der Waals surface area contributed by atoms with Crippen LogP contribution in [-0.4, -0.2) is 23.2 Å². The molecular formula is C12H17ClN2O. The van der Waals surface area contributed by atoms with Crippen LogP contribution in [0.2, 0.25) is 5.02 Å². The average Bonchev–Trinajstić information content (AvgIpc) is 2.75. The molecule has 0 aromatic heterocycles. The van der Waals surface area contributed by atoms with Crippen LogP contribution in [0.25, 0.3) is 0 Å². The van der Waals surface area contributed by atoms with E-state index < -0.39 is 0 Å². The molecule has 0 saturated carbocycles. The third-order valence-corrected chi connectivity index (χ3v) is 3.35. The van der Waals surface area contributed by atoms with Gasteiger partial charge in [0.05, 0.1) is 0 Å². The molecule has 0 radical (unpaired) electrons. The lowest BCUT2D eigenvalue weighted by molar-refractivity contribution is 0.161. The van der Waals surface area contributed by atoms with Crippen molar-refractivity contribution in [3.8, 4) is 0 Å². The van der Waals surface area contributed by atoms with Crippen LogP contribution in [0, 0.1) is 0 Å². The second-order valence-corrected chi connectivity index (χ2v) is 4.65. The van der Waals surface area contributed by atoms with Crippen molar-refractivity contribution in [2.45, 2.75) is 25.9 Å². The third kappa shape index (κ3) is 2.95. The number of benzene rings is 1.